The Hall–Kier alpha value is -6.21. The molecule has 0 aliphatic carbocycles. The minimum Gasteiger partial charge on any atom is -0.508 e. The van der Waals surface area contributed by atoms with E-state index >= 15 is 0 Å². The number of aliphatic hydroxyl groups is 1. The van der Waals surface area contributed by atoms with E-state index in [0.717, 1.165) is 101 Å². The van der Waals surface area contributed by atoms with Crippen LogP contribution in [0, 0.1) is 12.3 Å². The summed E-state index contributed by atoms with van der Waals surface area (Å²) in [5, 5.41) is 37.6. The zero-order valence-corrected chi connectivity index (χ0v) is 45.5. The van der Waals surface area contributed by atoms with E-state index in [4.69, 9.17) is 4.74 Å². The van der Waals surface area contributed by atoms with Crippen molar-refractivity contribution in [3.05, 3.63) is 119 Å². The maximum atomic E-state index is 14.2. The lowest BCUT2D eigenvalue weighted by atomic mass is 9.85. The number of hydrogen-bond donors (Lipinski definition) is 5. The molecule has 3 amide bonds. The molecule has 8 rings (SSSR count). The van der Waals surface area contributed by atoms with Gasteiger partial charge in [0.2, 0.25) is 17.7 Å². The summed E-state index contributed by atoms with van der Waals surface area (Å²) in [6, 6.07) is 25.0. The Bertz CT molecular complexity index is 2910. The molecule has 2 aromatic heterocycles. The zero-order valence-electron chi connectivity index (χ0n) is 43.9. The van der Waals surface area contributed by atoms with Gasteiger partial charge in [0.05, 0.1) is 28.2 Å². The number of benzene rings is 4. The number of thiophene rings is 1. The van der Waals surface area contributed by atoms with Crippen molar-refractivity contribution < 1.29 is 39.2 Å². The predicted molar refractivity (Wildman–Crippen MR) is 297 cm³/mol. The Kier molecular flexibility index (Phi) is 18.1. The van der Waals surface area contributed by atoms with Crippen molar-refractivity contribution in [2.45, 2.75) is 85.0 Å². The summed E-state index contributed by atoms with van der Waals surface area (Å²) in [7, 11) is 0. The fraction of sp³-hybridized carbons (Fsp3) is 0.431. The van der Waals surface area contributed by atoms with Gasteiger partial charge < -0.3 is 40.5 Å². The fourth-order valence-corrected chi connectivity index (χ4v) is 12.0. The van der Waals surface area contributed by atoms with Crippen molar-refractivity contribution in [1.29, 1.82) is 0 Å². The van der Waals surface area contributed by atoms with Gasteiger partial charge in [0, 0.05) is 91.3 Å². The molecule has 17 heteroatoms. The number of fused-ring (bicyclic) bond motifs is 1. The van der Waals surface area contributed by atoms with E-state index in [0.29, 0.717) is 29.9 Å². The van der Waals surface area contributed by atoms with Crippen molar-refractivity contribution in [3.8, 4) is 38.1 Å². The van der Waals surface area contributed by atoms with Crippen LogP contribution in [0.4, 0.5) is 0 Å². The van der Waals surface area contributed by atoms with Crippen molar-refractivity contribution in [1.82, 2.24) is 35.2 Å². The van der Waals surface area contributed by atoms with Gasteiger partial charge in [0.1, 0.15) is 35.9 Å². The number of hydrogen-bond acceptors (Lipinski definition) is 14. The number of likely N-dealkylation sites (tertiary alicyclic amines) is 1. The minimum absolute atomic E-state index is 0.0188. The van der Waals surface area contributed by atoms with E-state index in [-0.39, 0.29) is 60.4 Å². The van der Waals surface area contributed by atoms with Crippen LogP contribution in [0.3, 0.4) is 0 Å². The molecule has 0 radical (unpaired) electrons. The van der Waals surface area contributed by atoms with E-state index in [1.165, 1.54) is 16.2 Å². The van der Waals surface area contributed by atoms with Gasteiger partial charge in [-0.05, 0) is 122 Å². The third kappa shape index (κ3) is 13.8. The number of piperazine rings is 1. The monoisotopic (exact) mass is 1060 g/mol. The predicted octanol–water partition coefficient (Wildman–Crippen LogP) is 8.11. The quantitative estimate of drug-likeness (QED) is 0.0437. The summed E-state index contributed by atoms with van der Waals surface area (Å²) < 4.78 is 6.94. The molecule has 4 atom stereocenters. The lowest BCUT2D eigenvalue weighted by Gasteiger charge is -2.36. The number of aliphatic hydroxyl groups excluding tert-OH is 1. The molecule has 75 heavy (non-hydrogen) atoms. The van der Waals surface area contributed by atoms with Crippen molar-refractivity contribution in [2.75, 3.05) is 72.1 Å². The highest BCUT2D eigenvalue weighted by atomic mass is 32.1. The van der Waals surface area contributed by atoms with Crippen LogP contribution in [0.15, 0.2) is 96.5 Å². The van der Waals surface area contributed by atoms with Crippen LogP contribution in [0.25, 0.3) is 31.0 Å². The van der Waals surface area contributed by atoms with Crippen LogP contribution in [0.5, 0.6) is 17.2 Å². The first kappa shape index (κ1) is 55.0. The minimum atomic E-state index is -0.877. The van der Waals surface area contributed by atoms with Crippen LogP contribution in [-0.2, 0) is 14.4 Å². The van der Waals surface area contributed by atoms with Crippen molar-refractivity contribution in [2.24, 2.45) is 5.41 Å². The molecular weight excluding hydrogens is 987 g/mol. The molecule has 5 N–H and O–H groups in total. The van der Waals surface area contributed by atoms with Crippen LogP contribution in [0.1, 0.15) is 87.1 Å². The number of phenolic OH excluding ortho intramolecular Hbond substituents is 2. The van der Waals surface area contributed by atoms with Crippen molar-refractivity contribution in [3.63, 3.8) is 0 Å². The second-order valence-corrected chi connectivity index (χ2v) is 22.7. The third-order valence-electron chi connectivity index (χ3n) is 14.4. The summed E-state index contributed by atoms with van der Waals surface area (Å²) in [4.78, 5) is 70.3. The first-order chi connectivity index (χ1) is 35.9. The number of rotatable bonds is 21. The standard InChI is InChI=1S/C58H71N7O8S2/c1-7-62(31-32-73-46-21-16-40(17-22-46)52(70)51-47-23-20-44(67)34-49(47)75-54(51)42-14-18-43(66)19-15-42)25-26-64-29-27-63(28-30-64)24-8-9-50(69)61-55(58(4,5)6)57(72)65-35-45(68)33-48(65)56(71)60-37(2)39-10-12-41(13-11-39)53-38(3)59-36-74-53/h10-23,34,36-37,45,48,55,66-68H,7-9,24-33,35H2,1-6H3,(H,60,71)(H,61,69)/t37-,45+,48-,55?/m0/s1. The number of nitrogens with one attached hydrogen (secondary N) is 2. The largest absolute Gasteiger partial charge is 0.508 e. The molecular formula is C58H71N7O8S2. The highest BCUT2D eigenvalue weighted by Gasteiger charge is 2.44. The average molecular weight is 1060 g/mol. The number of carbonyl (C=O) groups excluding carboxylic acids is 4. The first-order valence-corrected chi connectivity index (χ1v) is 27.7. The average Bonchev–Trinajstić information content (AvgIpc) is 4.13. The van der Waals surface area contributed by atoms with E-state index in [1.54, 1.807) is 65.9 Å². The van der Waals surface area contributed by atoms with Gasteiger partial charge >= 0.3 is 0 Å². The van der Waals surface area contributed by atoms with Gasteiger partial charge in [-0.1, -0.05) is 52.0 Å². The molecule has 15 nitrogen and oxygen atoms in total. The number of ketones is 1. The third-order valence-corrected chi connectivity index (χ3v) is 16.6. The van der Waals surface area contributed by atoms with Crippen LogP contribution >= 0.6 is 22.7 Å². The number of thiazole rings is 1. The zero-order chi connectivity index (χ0) is 53.4. The van der Waals surface area contributed by atoms with Gasteiger partial charge in [-0.15, -0.1) is 22.7 Å². The second-order valence-electron chi connectivity index (χ2n) is 20.8. The number of aryl methyl sites for hydroxylation is 1. The van der Waals surface area contributed by atoms with E-state index in [2.05, 4.69) is 37.2 Å². The Morgan fingerprint density at radius 3 is 2.15 bits per heavy atom. The molecule has 4 heterocycles. The number of β-amino-alcohol motifs (C(OH)–C–C–N with tert-alkyl or cyclic N) is 1. The highest BCUT2D eigenvalue weighted by Crippen LogP contribution is 2.42. The van der Waals surface area contributed by atoms with Gasteiger partial charge in [-0.25, -0.2) is 4.98 Å². The van der Waals surface area contributed by atoms with Crippen LogP contribution in [-0.4, -0.2) is 154 Å². The second kappa shape index (κ2) is 24.6. The molecule has 398 valence electrons. The maximum Gasteiger partial charge on any atom is 0.246 e. The molecule has 2 aliphatic heterocycles. The van der Waals surface area contributed by atoms with E-state index < -0.39 is 23.6 Å². The van der Waals surface area contributed by atoms with E-state index in [1.807, 2.05) is 76.5 Å². The van der Waals surface area contributed by atoms with Crippen LogP contribution < -0.4 is 15.4 Å². The summed E-state index contributed by atoms with van der Waals surface area (Å²) in [6.07, 6.45) is 0.186. The molecule has 0 bridgehead atoms. The van der Waals surface area contributed by atoms with Crippen LogP contribution in [0.2, 0.25) is 0 Å². The first-order valence-electron chi connectivity index (χ1n) is 26.0. The highest BCUT2D eigenvalue weighted by molar-refractivity contribution is 7.22. The molecule has 1 unspecified atom stereocenters. The molecule has 4 aromatic carbocycles. The smallest absolute Gasteiger partial charge is 0.246 e. The van der Waals surface area contributed by atoms with Gasteiger partial charge in [0.25, 0.3) is 0 Å². The Labute approximate surface area is 448 Å². The lowest BCUT2D eigenvalue weighted by molar-refractivity contribution is -0.144. The number of phenols is 2. The number of amides is 3. The number of likely N-dealkylation sites (N-methyl/N-ethyl adjacent to an activating group) is 1. The topological polar surface area (TPSA) is 188 Å². The maximum absolute atomic E-state index is 14.2. The molecule has 6 aromatic rings. The summed E-state index contributed by atoms with van der Waals surface area (Å²) in [5.74, 6) is -0.0929. The summed E-state index contributed by atoms with van der Waals surface area (Å²) in [5.41, 5.74) is 6.03. The molecule has 0 saturated carbocycles. The molecule has 2 aliphatic rings. The molecule has 0 spiro atoms. The van der Waals surface area contributed by atoms with E-state index in [9.17, 15) is 34.5 Å². The Morgan fingerprint density at radius 2 is 1.49 bits per heavy atom. The Morgan fingerprint density at radius 1 is 0.840 bits per heavy atom. The molecule has 2 fully saturated rings. The normalized spacial score (nSPS) is 17.3. The SMILES string of the molecule is CCN(CCOc1ccc(C(=O)c2c(-c3ccc(O)cc3)sc3cc(O)ccc23)cc1)CCN1CCN(CCCC(=O)NC(C(=O)N2C[C@H](O)C[C@H]2C(=O)N[C@@H](C)c2ccc(-c3scnc3C)cc2)C(C)(C)C)CC1. The molecule has 2 saturated heterocycles. The summed E-state index contributed by atoms with van der Waals surface area (Å²) >= 11 is 3.01. The number of nitrogens with zero attached hydrogens (tertiary/aromatic N) is 5. The lowest BCUT2D eigenvalue weighted by Crippen LogP contribution is -2.57. The number of aromatic nitrogens is 1. The van der Waals surface area contributed by atoms with Gasteiger partial charge in [0.15, 0.2) is 5.78 Å². The van der Waals surface area contributed by atoms with Crippen molar-refractivity contribution >= 4 is 56.3 Å². The fourth-order valence-electron chi connectivity index (χ4n) is 9.93. The number of ether oxygens (including phenoxy) is 1. The number of aromatic hydroxyl groups is 2. The Balaban J connectivity index is 0.741. The van der Waals surface area contributed by atoms with Gasteiger partial charge in [-0.2, -0.15) is 0 Å². The number of carbonyl (C=O) groups is 4. The van der Waals surface area contributed by atoms with Gasteiger partial charge in [-0.3, -0.25) is 29.0 Å². The summed E-state index contributed by atoms with van der Waals surface area (Å²) in [6.45, 7) is 20.2.